The van der Waals surface area contributed by atoms with Crippen LogP contribution < -0.4 is 10.2 Å². The summed E-state index contributed by atoms with van der Waals surface area (Å²) in [7, 11) is 0. The third-order valence-electron chi connectivity index (χ3n) is 9.32. The third kappa shape index (κ3) is 7.39. The van der Waals surface area contributed by atoms with Crippen LogP contribution in [0.4, 0.5) is 0 Å². The highest BCUT2D eigenvalue weighted by Gasteiger charge is 2.55. The molecule has 4 heterocycles. The molecular weight excluding hydrogens is 716 g/mol. The molecule has 20 heteroatoms. The van der Waals surface area contributed by atoms with Gasteiger partial charge in [-0.2, -0.15) is 0 Å². The summed E-state index contributed by atoms with van der Waals surface area (Å²) in [5.74, 6) is -2.42. The lowest BCUT2D eigenvalue weighted by atomic mass is 9.96. The molecule has 0 spiro atoms. The molecule has 292 valence electrons. The van der Waals surface area contributed by atoms with E-state index in [1.807, 2.05) is 0 Å². The first-order valence-corrected chi connectivity index (χ1v) is 16.4. The Morgan fingerprint density at radius 3 is 1.85 bits per heavy atom. The number of aliphatic hydroxyl groups excluding tert-OH is 9. The largest absolute Gasteiger partial charge is 0.508 e. The first-order chi connectivity index (χ1) is 25.1. The summed E-state index contributed by atoms with van der Waals surface area (Å²) < 4.78 is 40.8. The molecule has 15 unspecified atom stereocenters. The van der Waals surface area contributed by atoms with Crippen LogP contribution in [0.1, 0.15) is 6.92 Å². The van der Waals surface area contributed by atoms with E-state index in [2.05, 4.69) is 0 Å². The Kier molecular flexibility index (Phi) is 11.5. The molecule has 3 fully saturated rings. The second kappa shape index (κ2) is 15.6. The van der Waals surface area contributed by atoms with Crippen LogP contribution in [0.2, 0.25) is 0 Å². The van der Waals surface area contributed by atoms with Gasteiger partial charge in [-0.25, -0.2) is 0 Å². The van der Waals surface area contributed by atoms with E-state index in [1.54, 1.807) is 0 Å². The zero-order chi connectivity index (χ0) is 38.5. The van der Waals surface area contributed by atoms with Crippen LogP contribution in [0.25, 0.3) is 22.3 Å². The summed E-state index contributed by atoms with van der Waals surface area (Å²) in [5, 5.41) is 125. The van der Waals surface area contributed by atoms with Gasteiger partial charge >= 0.3 is 0 Å². The van der Waals surface area contributed by atoms with Crippen LogP contribution in [-0.4, -0.2) is 167 Å². The number of ether oxygens (including phenoxy) is 6. The second-order valence-electron chi connectivity index (χ2n) is 12.9. The number of aromatic hydroxyl groups is 3. The molecule has 0 bridgehead atoms. The fraction of sp³-hybridized carbons (Fsp3) is 0.545. The van der Waals surface area contributed by atoms with E-state index in [9.17, 15) is 66.1 Å². The normalized spacial score (nSPS) is 37.8. The molecule has 0 amide bonds. The average molecular weight is 757 g/mol. The highest BCUT2D eigenvalue weighted by Crippen LogP contribution is 2.39. The van der Waals surface area contributed by atoms with E-state index >= 15 is 0 Å². The molecule has 3 aromatic rings. The second-order valence-corrected chi connectivity index (χ2v) is 12.9. The fourth-order valence-corrected chi connectivity index (χ4v) is 6.35. The molecular formula is C33H40O20. The number of rotatable bonds is 9. The zero-order valence-electron chi connectivity index (χ0n) is 27.7. The molecule has 12 N–H and O–H groups in total. The van der Waals surface area contributed by atoms with Gasteiger partial charge in [0.25, 0.3) is 0 Å². The smallest absolute Gasteiger partial charge is 0.239 e. The molecule has 0 radical (unpaired) electrons. The number of hydrogen-bond acceptors (Lipinski definition) is 20. The van der Waals surface area contributed by atoms with Crippen LogP contribution >= 0.6 is 0 Å². The standard InChI is InChI=1S/C33H40O20/c1-10-19(39)23(43)25(45)31(47-10)51-28-21(41)17(9-35)50-33(30(28)53-32-26(46)24(44)20(40)16(8-34)49-32)52-29-22(42)18-14(38)6-13(37)7-15(18)48-27(29)11-2-4-12(36)5-3-11/h2-7,10,16-17,19-21,23-26,28,30-41,43-46H,8-9H2,1H3. The number of fused-ring (bicyclic) bond motifs is 1. The summed E-state index contributed by atoms with van der Waals surface area (Å²) in [6.45, 7) is -0.453. The van der Waals surface area contributed by atoms with Crippen molar-refractivity contribution < 1.29 is 94.1 Å². The van der Waals surface area contributed by atoms with Gasteiger partial charge in [0.15, 0.2) is 24.4 Å². The molecule has 0 aliphatic carbocycles. The minimum atomic E-state index is -2.04. The lowest BCUT2D eigenvalue weighted by Crippen LogP contribution is -2.67. The van der Waals surface area contributed by atoms with Gasteiger partial charge in [-0.1, -0.05) is 0 Å². The van der Waals surface area contributed by atoms with Gasteiger partial charge in [-0.05, 0) is 31.2 Å². The predicted molar refractivity (Wildman–Crippen MR) is 171 cm³/mol. The quantitative estimate of drug-likeness (QED) is 0.100. The van der Waals surface area contributed by atoms with Crippen molar-refractivity contribution in [1.82, 2.24) is 0 Å². The lowest BCUT2D eigenvalue weighted by molar-refractivity contribution is -0.383. The van der Waals surface area contributed by atoms with Crippen molar-refractivity contribution in [1.29, 1.82) is 0 Å². The summed E-state index contributed by atoms with van der Waals surface area (Å²) in [6.07, 6.45) is -26.9. The summed E-state index contributed by atoms with van der Waals surface area (Å²) in [6, 6.07) is 7.04. The molecule has 20 nitrogen and oxygen atoms in total. The minimum absolute atomic E-state index is 0.105. The molecule has 0 saturated carbocycles. The van der Waals surface area contributed by atoms with Crippen molar-refractivity contribution in [3.8, 4) is 34.3 Å². The summed E-state index contributed by atoms with van der Waals surface area (Å²) in [4.78, 5) is 14.1. The number of phenolic OH excluding ortho intramolecular Hbond substituents is 3. The van der Waals surface area contributed by atoms with Gasteiger partial charge in [0, 0.05) is 17.7 Å². The zero-order valence-corrected chi connectivity index (χ0v) is 27.7. The number of benzene rings is 2. The van der Waals surface area contributed by atoms with Gasteiger partial charge in [0.05, 0.1) is 19.3 Å². The van der Waals surface area contributed by atoms with Gasteiger partial charge in [-0.15, -0.1) is 0 Å². The van der Waals surface area contributed by atoms with Gasteiger partial charge in [-0.3, -0.25) is 4.79 Å². The van der Waals surface area contributed by atoms with Crippen molar-refractivity contribution in [2.24, 2.45) is 0 Å². The third-order valence-corrected chi connectivity index (χ3v) is 9.32. The van der Waals surface area contributed by atoms with E-state index < -0.39 is 133 Å². The Hall–Kier alpha value is -3.71. The van der Waals surface area contributed by atoms with Crippen molar-refractivity contribution in [2.45, 2.75) is 99.0 Å². The Balaban J connectivity index is 1.48. The average Bonchev–Trinajstić information content (AvgIpc) is 3.12. The summed E-state index contributed by atoms with van der Waals surface area (Å²) >= 11 is 0. The maximum atomic E-state index is 14.1. The van der Waals surface area contributed by atoms with Crippen LogP contribution in [0.5, 0.6) is 23.0 Å². The van der Waals surface area contributed by atoms with Crippen LogP contribution in [0, 0.1) is 0 Å². The molecule has 6 rings (SSSR count). The first kappa shape index (κ1) is 39.0. The molecule has 53 heavy (non-hydrogen) atoms. The van der Waals surface area contributed by atoms with E-state index in [0.29, 0.717) is 0 Å². The Bertz CT molecular complexity index is 1780. The Labute approximate surface area is 298 Å². The molecule has 3 aliphatic heterocycles. The minimum Gasteiger partial charge on any atom is -0.508 e. The van der Waals surface area contributed by atoms with Gasteiger partial charge in [0.2, 0.25) is 17.5 Å². The van der Waals surface area contributed by atoms with E-state index in [1.165, 1.54) is 31.2 Å². The lowest BCUT2D eigenvalue weighted by Gasteiger charge is -2.48. The van der Waals surface area contributed by atoms with Crippen LogP contribution in [0.15, 0.2) is 45.6 Å². The van der Waals surface area contributed by atoms with E-state index in [4.69, 9.17) is 32.8 Å². The van der Waals surface area contributed by atoms with E-state index in [-0.39, 0.29) is 22.7 Å². The van der Waals surface area contributed by atoms with Crippen molar-refractivity contribution in [2.75, 3.05) is 13.2 Å². The molecule has 1 aromatic heterocycles. The predicted octanol–water partition coefficient (Wildman–Crippen LogP) is -3.57. The fourth-order valence-electron chi connectivity index (χ4n) is 6.35. The highest BCUT2D eigenvalue weighted by molar-refractivity contribution is 5.88. The maximum absolute atomic E-state index is 14.1. The van der Waals surface area contributed by atoms with Crippen molar-refractivity contribution in [3.63, 3.8) is 0 Å². The topological polar surface area (TPSA) is 328 Å². The highest BCUT2D eigenvalue weighted by atomic mass is 16.8. The number of phenols is 3. The van der Waals surface area contributed by atoms with Crippen molar-refractivity contribution in [3.05, 3.63) is 46.6 Å². The summed E-state index contributed by atoms with van der Waals surface area (Å²) in [5.41, 5.74) is -1.25. The molecule has 3 saturated heterocycles. The van der Waals surface area contributed by atoms with E-state index in [0.717, 1.165) is 12.1 Å². The molecule has 2 aromatic carbocycles. The Morgan fingerprint density at radius 1 is 0.642 bits per heavy atom. The first-order valence-electron chi connectivity index (χ1n) is 16.4. The number of hydrogen-bond donors (Lipinski definition) is 12. The van der Waals surface area contributed by atoms with Crippen LogP contribution in [0.3, 0.4) is 0 Å². The van der Waals surface area contributed by atoms with Crippen LogP contribution in [-0.2, 0) is 23.7 Å². The molecule has 15 atom stereocenters. The monoisotopic (exact) mass is 756 g/mol. The van der Waals surface area contributed by atoms with Crippen molar-refractivity contribution >= 4 is 11.0 Å². The molecule has 3 aliphatic rings. The Morgan fingerprint density at radius 2 is 1.21 bits per heavy atom. The number of aliphatic hydroxyl groups is 9. The van der Waals surface area contributed by atoms with Gasteiger partial charge < -0.3 is 94.1 Å². The SMILES string of the molecule is CC1OC(OC2C(O)C(CO)OC(Oc3c(-c4ccc(O)cc4)oc4cc(O)cc(O)c4c3=O)C2OC2OC(CO)C(O)C(O)C2O)C(O)C(O)C1O. The maximum Gasteiger partial charge on any atom is 0.239 e. The van der Waals surface area contributed by atoms with Gasteiger partial charge in [0.1, 0.15) is 89.3 Å².